The van der Waals surface area contributed by atoms with Crippen LogP contribution in [0, 0.1) is 17.8 Å². The lowest BCUT2D eigenvalue weighted by Crippen LogP contribution is -2.30. The summed E-state index contributed by atoms with van der Waals surface area (Å²) >= 11 is 0. The van der Waals surface area contributed by atoms with Gasteiger partial charge in [-0.3, -0.25) is 37.3 Å². The van der Waals surface area contributed by atoms with E-state index in [0.29, 0.717) is 25.7 Å². The van der Waals surface area contributed by atoms with Crippen LogP contribution in [0.15, 0.2) is 0 Å². The Kier molecular flexibility index (Phi) is 68.1. The predicted octanol–water partition coefficient (Wildman–Crippen LogP) is 23.4. The Bertz CT molecular complexity index is 1910. The Hall–Kier alpha value is -1.94. The van der Waals surface area contributed by atoms with Gasteiger partial charge in [0.25, 0.3) is 0 Å². The molecule has 0 rings (SSSR count). The molecule has 98 heavy (non-hydrogen) atoms. The molecule has 0 aromatic carbocycles. The highest BCUT2D eigenvalue weighted by atomic mass is 31.2. The molecule has 17 nitrogen and oxygen atoms in total. The van der Waals surface area contributed by atoms with Crippen LogP contribution in [0.25, 0.3) is 0 Å². The van der Waals surface area contributed by atoms with Crippen LogP contribution in [0.5, 0.6) is 0 Å². The Morgan fingerprint density at radius 1 is 0.296 bits per heavy atom. The van der Waals surface area contributed by atoms with E-state index < -0.39 is 97.5 Å². The van der Waals surface area contributed by atoms with Gasteiger partial charge in [-0.25, -0.2) is 9.13 Å². The fraction of sp³-hybridized carbons (Fsp3) is 0.949. The van der Waals surface area contributed by atoms with Crippen molar-refractivity contribution in [3.05, 3.63) is 0 Å². The molecule has 3 N–H and O–H groups in total. The monoisotopic (exact) mass is 1440 g/mol. The van der Waals surface area contributed by atoms with E-state index in [4.69, 9.17) is 37.0 Å². The number of rotatable bonds is 77. The van der Waals surface area contributed by atoms with Gasteiger partial charge in [0.15, 0.2) is 12.2 Å². The van der Waals surface area contributed by atoms with Crippen molar-refractivity contribution in [2.75, 3.05) is 39.6 Å². The second-order valence-corrected chi connectivity index (χ2v) is 32.6. The van der Waals surface area contributed by atoms with Crippen LogP contribution >= 0.6 is 15.6 Å². The number of aliphatic hydroxyl groups excluding tert-OH is 1. The Morgan fingerprint density at radius 3 is 0.776 bits per heavy atom. The molecular weight excluding hydrogens is 1280 g/mol. The minimum Gasteiger partial charge on any atom is -0.462 e. The van der Waals surface area contributed by atoms with Crippen LogP contribution in [-0.4, -0.2) is 96.7 Å². The number of phosphoric acid groups is 2. The van der Waals surface area contributed by atoms with Crippen LogP contribution in [-0.2, 0) is 65.4 Å². The SMILES string of the molecule is CCCCCCCCCCCC(=O)OC[C@H](COP(=O)(O)OC[C@H](O)COP(=O)(O)OC[C@@H](COC(=O)CCCCCCCCCCCCCCCCC(C)CC)OC(=O)CCCCCCCCCCCCCCCCCCC(C)C)OC(=O)CCCCCCCCCCCC(C)C. The van der Waals surface area contributed by atoms with Gasteiger partial charge in [0, 0.05) is 25.7 Å². The van der Waals surface area contributed by atoms with Crippen molar-refractivity contribution < 1.29 is 80.2 Å². The maximum atomic E-state index is 13.1. The average Bonchev–Trinajstić information content (AvgIpc) is 1.11. The van der Waals surface area contributed by atoms with Crippen LogP contribution in [0.4, 0.5) is 0 Å². The topological polar surface area (TPSA) is 237 Å². The standard InChI is InChI=1S/C79H154O17P2/c1-8-10-11-12-13-29-39-46-53-60-76(81)89-66-74(96-79(84)63-56-49-42-35-28-31-37-44-51-58-71(5)6)68-93-97(85,86)91-64-73(80)65-92-98(87,88)94-69-75(67-90-77(82)61-54-47-40-33-26-22-19-18-21-25-32-38-45-52-59-72(7)9-2)95-78(83)62-55-48-41-34-27-23-17-15-14-16-20-24-30-36-43-50-57-70(3)4/h70-75,80H,8-69H2,1-7H3,(H,85,86)(H,87,88)/t72?,73-,74+,75+/m0/s1. The molecule has 0 heterocycles. The first kappa shape index (κ1) is 96.1. The number of unbranched alkanes of at least 4 members (excludes halogenated alkanes) is 44. The largest absolute Gasteiger partial charge is 0.472 e. The maximum Gasteiger partial charge on any atom is 0.472 e. The first-order valence-electron chi connectivity index (χ1n) is 40.9. The Morgan fingerprint density at radius 2 is 0.520 bits per heavy atom. The first-order valence-corrected chi connectivity index (χ1v) is 43.9. The van der Waals surface area contributed by atoms with Gasteiger partial charge < -0.3 is 33.8 Å². The van der Waals surface area contributed by atoms with E-state index in [1.165, 1.54) is 218 Å². The van der Waals surface area contributed by atoms with Crippen molar-refractivity contribution in [2.45, 2.75) is 426 Å². The number of ether oxygens (including phenoxy) is 4. The number of carbonyl (C=O) groups is 4. The summed E-state index contributed by atoms with van der Waals surface area (Å²) in [4.78, 5) is 72.9. The van der Waals surface area contributed by atoms with Crippen LogP contribution < -0.4 is 0 Å². The fourth-order valence-corrected chi connectivity index (χ4v) is 13.7. The van der Waals surface area contributed by atoms with Crippen LogP contribution in [0.2, 0.25) is 0 Å². The molecule has 0 fully saturated rings. The van der Waals surface area contributed by atoms with Gasteiger partial charge in [0.05, 0.1) is 26.4 Å². The van der Waals surface area contributed by atoms with E-state index in [1.54, 1.807) is 0 Å². The van der Waals surface area contributed by atoms with Gasteiger partial charge in [-0.05, 0) is 43.4 Å². The molecule has 0 aliphatic heterocycles. The summed E-state index contributed by atoms with van der Waals surface area (Å²) < 4.78 is 68.6. The summed E-state index contributed by atoms with van der Waals surface area (Å²) in [6.45, 7) is 12.0. The van der Waals surface area contributed by atoms with Gasteiger partial charge in [-0.15, -0.1) is 0 Å². The van der Waals surface area contributed by atoms with E-state index >= 15 is 0 Å². The lowest BCUT2D eigenvalue weighted by Gasteiger charge is -2.21. The highest BCUT2D eigenvalue weighted by molar-refractivity contribution is 7.47. The molecule has 0 radical (unpaired) electrons. The highest BCUT2D eigenvalue weighted by Crippen LogP contribution is 2.45. The lowest BCUT2D eigenvalue weighted by molar-refractivity contribution is -0.161. The average molecular weight is 1440 g/mol. The minimum absolute atomic E-state index is 0.105. The van der Waals surface area contributed by atoms with E-state index in [-0.39, 0.29) is 25.7 Å². The van der Waals surface area contributed by atoms with Crippen molar-refractivity contribution in [3.63, 3.8) is 0 Å². The quantitative estimate of drug-likeness (QED) is 0.0222. The molecule has 0 spiro atoms. The van der Waals surface area contributed by atoms with Crippen molar-refractivity contribution >= 4 is 39.5 Å². The molecule has 0 aliphatic rings. The molecule has 0 aliphatic carbocycles. The van der Waals surface area contributed by atoms with Crippen molar-refractivity contribution in [2.24, 2.45) is 17.8 Å². The molecule has 0 amide bonds. The summed E-state index contributed by atoms with van der Waals surface area (Å²) in [5, 5.41) is 10.6. The lowest BCUT2D eigenvalue weighted by atomic mass is 9.99. The van der Waals surface area contributed by atoms with Gasteiger partial charge in [0.2, 0.25) is 0 Å². The molecule has 19 heteroatoms. The molecule has 0 aromatic heterocycles. The zero-order chi connectivity index (χ0) is 72.3. The summed E-state index contributed by atoms with van der Waals surface area (Å²) in [7, 11) is -9.91. The number of hydrogen-bond donors (Lipinski definition) is 3. The predicted molar refractivity (Wildman–Crippen MR) is 400 cm³/mol. The minimum atomic E-state index is -4.96. The third kappa shape index (κ3) is 71.1. The number of esters is 4. The fourth-order valence-electron chi connectivity index (χ4n) is 12.1. The molecule has 582 valence electrons. The summed E-state index contributed by atoms with van der Waals surface area (Å²) in [5.41, 5.74) is 0. The van der Waals surface area contributed by atoms with E-state index in [1.807, 2.05) is 0 Å². The number of hydrogen-bond acceptors (Lipinski definition) is 15. The van der Waals surface area contributed by atoms with Crippen molar-refractivity contribution in [1.82, 2.24) is 0 Å². The van der Waals surface area contributed by atoms with E-state index in [0.717, 1.165) is 108 Å². The van der Waals surface area contributed by atoms with Gasteiger partial charge in [-0.2, -0.15) is 0 Å². The number of phosphoric ester groups is 2. The van der Waals surface area contributed by atoms with E-state index in [9.17, 15) is 43.2 Å². The maximum absolute atomic E-state index is 13.1. The Labute approximate surface area is 600 Å². The molecule has 6 atom stereocenters. The summed E-state index contributed by atoms with van der Waals surface area (Å²) in [6, 6.07) is 0. The third-order valence-electron chi connectivity index (χ3n) is 18.7. The highest BCUT2D eigenvalue weighted by Gasteiger charge is 2.30. The second kappa shape index (κ2) is 69.4. The summed E-state index contributed by atoms with van der Waals surface area (Å²) in [5.74, 6) is 0.281. The first-order chi connectivity index (χ1) is 47.3. The van der Waals surface area contributed by atoms with E-state index in [2.05, 4.69) is 48.5 Å². The third-order valence-corrected chi connectivity index (χ3v) is 20.6. The second-order valence-electron chi connectivity index (χ2n) is 29.6. The van der Waals surface area contributed by atoms with Crippen molar-refractivity contribution in [1.29, 1.82) is 0 Å². The molecule has 0 saturated carbocycles. The van der Waals surface area contributed by atoms with Crippen LogP contribution in [0.1, 0.15) is 408 Å². The molecule has 0 aromatic rings. The molecule has 0 bridgehead atoms. The smallest absolute Gasteiger partial charge is 0.462 e. The van der Waals surface area contributed by atoms with Gasteiger partial charge in [0.1, 0.15) is 19.3 Å². The normalized spacial score (nSPS) is 14.3. The number of aliphatic hydroxyl groups is 1. The van der Waals surface area contributed by atoms with Crippen molar-refractivity contribution in [3.8, 4) is 0 Å². The zero-order valence-corrected chi connectivity index (χ0v) is 66.0. The van der Waals surface area contributed by atoms with Gasteiger partial charge >= 0.3 is 39.5 Å². The zero-order valence-electron chi connectivity index (χ0n) is 64.3. The van der Waals surface area contributed by atoms with Crippen LogP contribution in [0.3, 0.4) is 0 Å². The molecule has 0 saturated heterocycles. The summed E-state index contributed by atoms with van der Waals surface area (Å²) in [6.07, 6.45) is 56.9. The Balaban J connectivity index is 5.22. The van der Waals surface area contributed by atoms with Gasteiger partial charge in [-0.1, -0.05) is 357 Å². The number of carbonyl (C=O) groups excluding carboxylic acids is 4. The molecular formula is C79H154O17P2. The molecule has 3 unspecified atom stereocenters.